The molecule has 40 heavy (non-hydrogen) atoms. The summed E-state index contributed by atoms with van der Waals surface area (Å²) in [7, 11) is 5.86. The molecule has 0 aliphatic heterocycles. The van der Waals surface area contributed by atoms with E-state index in [-0.39, 0.29) is 27.3 Å². The molecule has 0 saturated heterocycles. The van der Waals surface area contributed by atoms with Crippen molar-refractivity contribution in [3.8, 4) is 17.5 Å². The molecular formula is C26H23Br2FN4O5S2. The Labute approximate surface area is 254 Å². The van der Waals surface area contributed by atoms with Crippen molar-refractivity contribution in [1.29, 1.82) is 0 Å². The summed E-state index contributed by atoms with van der Waals surface area (Å²) < 4.78 is 25.3. The van der Waals surface area contributed by atoms with Gasteiger partial charge in [-0.05, 0) is 91.7 Å². The predicted octanol–water partition coefficient (Wildman–Crippen LogP) is 5.05. The molecule has 2 aromatic carbocycles. The van der Waals surface area contributed by atoms with Crippen LogP contribution in [0.3, 0.4) is 0 Å². The van der Waals surface area contributed by atoms with Crippen LogP contribution in [-0.2, 0) is 34.8 Å². The number of nitrogens with zero attached hydrogens (tertiary/aromatic N) is 4. The minimum Gasteiger partial charge on any atom is -0.494 e. The first kappa shape index (κ1) is 29.9. The molecule has 210 valence electrons. The van der Waals surface area contributed by atoms with E-state index in [1.54, 1.807) is 24.3 Å². The molecule has 0 radical (unpaired) electrons. The van der Waals surface area contributed by atoms with Crippen LogP contribution in [0.5, 0.6) is 17.5 Å². The number of halogens is 3. The molecule has 9 nitrogen and oxygen atoms in total. The maximum Gasteiger partial charge on any atom is 0.262 e. The second-order valence-electron chi connectivity index (χ2n) is 9.05. The topological polar surface area (TPSA) is 104 Å². The van der Waals surface area contributed by atoms with Gasteiger partial charge in [0.15, 0.2) is 9.54 Å². The highest BCUT2D eigenvalue weighted by Gasteiger charge is 2.33. The van der Waals surface area contributed by atoms with Crippen LogP contribution >= 0.6 is 56.3 Å². The summed E-state index contributed by atoms with van der Waals surface area (Å²) >= 11 is 17.5. The molecule has 0 atom stereocenters. The zero-order valence-corrected chi connectivity index (χ0v) is 26.4. The van der Waals surface area contributed by atoms with Gasteiger partial charge in [-0.25, -0.2) is 4.39 Å². The summed E-state index contributed by atoms with van der Waals surface area (Å²) in [6.07, 6.45) is 0. The molecule has 0 unspecified atom stereocenters. The van der Waals surface area contributed by atoms with E-state index in [1.165, 1.54) is 58.6 Å². The Morgan fingerprint density at radius 1 is 0.850 bits per heavy atom. The summed E-state index contributed by atoms with van der Waals surface area (Å²) in [5, 5.41) is 22.3. The molecule has 0 aliphatic rings. The zero-order chi connectivity index (χ0) is 29.6. The molecule has 4 rings (SSSR count). The summed E-state index contributed by atoms with van der Waals surface area (Å²) in [4.78, 5) is 27.1. The molecule has 0 fully saturated rings. The first-order valence-electron chi connectivity index (χ1n) is 11.6. The van der Waals surface area contributed by atoms with Gasteiger partial charge in [0, 0.05) is 28.2 Å². The van der Waals surface area contributed by atoms with E-state index in [2.05, 4.69) is 31.9 Å². The average Bonchev–Trinajstić information content (AvgIpc) is 2.91. The molecule has 2 N–H and O–H groups in total. The lowest BCUT2D eigenvalue weighted by molar-refractivity contribution is 0.301. The van der Waals surface area contributed by atoms with Gasteiger partial charge in [-0.15, -0.1) is 0 Å². The zero-order valence-electron chi connectivity index (χ0n) is 21.6. The molecule has 0 aliphatic carbocycles. The Morgan fingerprint density at radius 3 is 1.77 bits per heavy atom. The second-order valence-corrected chi connectivity index (χ2v) is 11.5. The highest BCUT2D eigenvalue weighted by atomic mass is 79.9. The van der Waals surface area contributed by atoms with Gasteiger partial charge in [-0.1, -0.05) is 12.1 Å². The van der Waals surface area contributed by atoms with Gasteiger partial charge >= 0.3 is 0 Å². The maximum absolute atomic E-state index is 13.6. The van der Waals surface area contributed by atoms with Crippen LogP contribution in [0.15, 0.2) is 54.9 Å². The SMILES string of the molecule is Cn1c(O)c(C(c2cc(Br)c(OCc3cccc(F)c3)c(Br)c2)c2c(O)n(C)c(=S)n(C)c2=O)c(=O)n(C)c1=S. The van der Waals surface area contributed by atoms with Crippen molar-refractivity contribution in [3.63, 3.8) is 0 Å². The summed E-state index contributed by atoms with van der Waals surface area (Å²) in [6.45, 7) is 0.0622. The predicted molar refractivity (Wildman–Crippen MR) is 160 cm³/mol. The number of hydrogen-bond acceptors (Lipinski definition) is 7. The van der Waals surface area contributed by atoms with Crippen molar-refractivity contribution in [2.45, 2.75) is 12.5 Å². The first-order chi connectivity index (χ1) is 18.8. The van der Waals surface area contributed by atoms with E-state index in [0.29, 0.717) is 25.8 Å². The summed E-state index contributed by atoms with van der Waals surface area (Å²) in [6, 6.07) is 9.20. The fraction of sp³-hybridized carbons (Fsp3) is 0.231. The maximum atomic E-state index is 13.6. The lowest BCUT2D eigenvalue weighted by Gasteiger charge is -2.24. The smallest absolute Gasteiger partial charge is 0.262 e. The first-order valence-corrected chi connectivity index (χ1v) is 14.0. The van der Waals surface area contributed by atoms with Gasteiger partial charge in [0.1, 0.15) is 18.2 Å². The van der Waals surface area contributed by atoms with Crippen molar-refractivity contribution < 1.29 is 19.3 Å². The molecule has 14 heteroatoms. The molecule has 2 aromatic heterocycles. The minimum absolute atomic E-state index is 0.0528. The lowest BCUT2D eigenvalue weighted by Crippen LogP contribution is -2.33. The molecule has 0 spiro atoms. The van der Waals surface area contributed by atoms with E-state index in [4.69, 9.17) is 29.2 Å². The molecule has 0 saturated carbocycles. The van der Waals surface area contributed by atoms with Gasteiger partial charge in [0.05, 0.1) is 26.0 Å². The number of benzene rings is 2. The van der Waals surface area contributed by atoms with Crippen LogP contribution in [-0.4, -0.2) is 28.5 Å². The Bertz CT molecular complexity index is 1810. The van der Waals surface area contributed by atoms with Crippen LogP contribution < -0.4 is 15.9 Å². The van der Waals surface area contributed by atoms with Gasteiger partial charge < -0.3 is 14.9 Å². The molecular weight excluding hydrogens is 691 g/mol. The van der Waals surface area contributed by atoms with Crippen molar-refractivity contribution in [3.05, 3.63) is 104 Å². The number of ether oxygens (including phenoxy) is 1. The van der Waals surface area contributed by atoms with Crippen LogP contribution in [0.1, 0.15) is 28.2 Å². The number of hydrogen-bond donors (Lipinski definition) is 2. The van der Waals surface area contributed by atoms with E-state index in [0.717, 1.165) is 0 Å². The van der Waals surface area contributed by atoms with Gasteiger partial charge in [-0.2, -0.15) is 0 Å². The quantitative estimate of drug-likeness (QED) is 0.270. The van der Waals surface area contributed by atoms with Gasteiger partial charge in [0.25, 0.3) is 11.1 Å². The van der Waals surface area contributed by atoms with Crippen LogP contribution in [0.4, 0.5) is 4.39 Å². The van der Waals surface area contributed by atoms with Crippen molar-refractivity contribution in [2.24, 2.45) is 28.2 Å². The third kappa shape index (κ3) is 5.20. The summed E-state index contributed by atoms with van der Waals surface area (Å²) in [5.74, 6) is -2.21. The highest BCUT2D eigenvalue weighted by molar-refractivity contribution is 9.11. The minimum atomic E-state index is -1.26. The van der Waals surface area contributed by atoms with Crippen molar-refractivity contribution in [2.75, 3.05) is 0 Å². The fourth-order valence-corrected chi connectivity index (χ4v) is 6.16. The van der Waals surface area contributed by atoms with Gasteiger partial charge in [0.2, 0.25) is 11.8 Å². The number of aromatic hydroxyl groups is 2. The van der Waals surface area contributed by atoms with Crippen LogP contribution in [0.2, 0.25) is 0 Å². The largest absolute Gasteiger partial charge is 0.494 e. The van der Waals surface area contributed by atoms with Crippen molar-refractivity contribution in [1.82, 2.24) is 18.3 Å². The molecule has 0 amide bonds. The van der Waals surface area contributed by atoms with E-state index in [9.17, 15) is 24.2 Å². The Morgan fingerprint density at radius 2 is 1.32 bits per heavy atom. The van der Waals surface area contributed by atoms with E-state index in [1.807, 2.05) is 0 Å². The molecule has 0 bridgehead atoms. The summed E-state index contributed by atoms with van der Waals surface area (Å²) in [5.41, 5.74) is -0.723. The normalized spacial score (nSPS) is 11.3. The van der Waals surface area contributed by atoms with Gasteiger partial charge in [-0.3, -0.25) is 27.9 Å². The highest BCUT2D eigenvalue weighted by Crippen LogP contribution is 2.42. The Hall–Kier alpha value is -3.07. The third-order valence-corrected chi connectivity index (χ3v) is 8.81. The third-order valence-electron chi connectivity index (χ3n) is 6.54. The number of aromatic nitrogens is 4. The Balaban J connectivity index is 2.00. The second kappa shape index (κ2) is 11.4. The van der Waals surface area contributed by atoms with Crippen LogP contribution in [0, 0.1) is 15.4 Å². The lowest BCUT2D eigenvalue weighted by atomic mass is 9.86. The van der Waals surface area contributed by atoms with Crippen molar-refractivity contribution >= 4 is 56.3 Å². The fourth-order valence-electron chi connectivity index (χ4n) is 4.37. The van der Waals surface area contributed by atoms with Crippen LogP contribution in [0.25, 0.3) is 0 Å². The molecule has 2 heterocycles. The Kier molecular flexibility index (Phi) is 8.54. The van der Waals surface area contributed by atoms with E-state index >= 15 is 0 Å². The van der Waals surface area contributed by atoms with E-state index < -0.39 is 34.6 Å². The standard InChI is InChI=1S/C26H23Br2FN4O5S2/c1-30-21(34)18(22(35)31(2)25(30)39)17(19-23(36)32(3)26(40)33(4)24(19)37)13-9-15(27)20(16(28)10-13)38-11-12-6-5-7-14(29)8-12/h5-10,17,34,36H,11H2,1-4H3. The monoisotopic (exact) mass is 712 g/mol. The number of rotatable bonds is 6. The average molecular weight is 714 g/mol. The molecule has 4 aromatic rings.